The molecule has 7 nitrogen and oxygen atoms in total. The van der Waals surface area contributed by atoms with Gasteiger partial charge in [-0.3, -0.25) is 9.20 Å². The second-order valence-electron chi connectivity index (χ2n) is 5.39. The van der Waals surface area contributed by atoms with E-state index in [4.69, 9.17) is 4.74 Å². The second-order valence-corrected chi connectivity index (χ2v) is 5.39. The topological polar surface area (TPSA) is 85.4 Å². The number of pyridine rings is 1. The summed E-state index contributed by atoms with van der Waals surface area (Å²) in [5.41, 5.74) is 1.17. The molecule has 0 spiro atoms. The number of hydrogen-bond donors (Lipinski definition) is 0. The number of azo groups is 1. The summed E-state index contributed by atoms with van der Waals surface area (Å²) in [6.45, 7) is 3.28. The van der Waals surface area contributed by atoms with Gasteiger partial charge in [0.1, 0.15) is 11.5 Å². The van der Waals surface area contributed by atoms with Crippen LogP contribution in [0.3, 0.4) is 0 Å². The molecule has 0 bridgehead atoms. The van der Waals surface area contributed by atoms with E-state index in [9.17, 15) is 14.0 Å². The summed E-state index contributed by atoms with van der Waals surface area (Å²) in [7, 11) is 0. The summed E-state index contributed by atoms with van der Waals surface area (Å²) in [5, 5.41) is 8.11. The number of imidazole rings is 1. The Hall–Kier alpha value is -3.42. The molecule has 0 amide bonds. The molecule has 26 heavy (non-hydrogen) atoms. The van der Waals surface area contributed by atoms with Crippen molar-refractivity contribution in [3.63, 3.8) is 0 Å². The van der Waals surface area contributed by atoms with Crippen LogP contribution in [0.15, 0.2) is 52.8 Å². The molecule has 0 saturated heterocycles. The third-order valence-electron chi connectivity index (χ3n) is 3.54. The summed E-state index contributed by atoms with van der Waals surface area (Å²) in [6, 6.07) is 9.21. The van der Waals surface area contributed by atoms with Gasteiger partial charge in [-0.25, -0.2) is 14.2 Å². The maximum absolute atomic E-state index is 13.6. The number of ether oxygens (including phenoxy) is 1. The molecule has 0 N–H and O–H groups in total. The number of carbonyl (C=O) groups excluding carboxylic acids is 2. The number of rotatable bonds is 5. The van der Waals surface area contributed by atoms with Gasteiger partial charge in [0.2, 0.25) is 0 Å². The van der Waals surface area contributed by atoms with Crippen LogP contribution in [0.5, 0.6) is 0 Å². The number of ketones is 1. The molecule has 8 heteroatoms. The highest BCUT2D eigenvalue weighted by molar-refractivity contribution is 5.95. The SMILES string of the molecule is CCOC(=O)c1nc2ccc(F)cn2c1N=Nc1cccc(C(C)=O)c1. The van der Waals surface area contributed by atoms with E-state index in [0.29, 0.717) is 16.9 Å². The van der Waals surface area contributed by atoms with E-state index in [1.165, 1.54) is 23.5 Å². The zero-order chi connectivity index (χ0) is 18.7. The predicted octanol–water partition coefficient (Wildman–Crippen LogP) is 4.27. The summed E-state index contributed by atoms with van der Waals surface area (Å²) in [6.07, 6.45) is 1.16. The molecule has 3 rings (SSSR count). The Kier molecular flexibility index (Phi) is 4.83. The van der Waals surface area contributed by atoms with Gasteiger partial charge >= 0.3 is 5.97 Å². The van der Waals surface area contributed by atoms with Crippen molar-refractivity contribution < 1.29 is 18.7 Å². The first kappa shape index (κ1) is 17.4. The molecule has 0 radical (unpaired) electrons. The molecule has 0 aliphatic carbocycles. The third-order valence-corrected chi connectivity index (χ3v) is 3.54. The lowest BCUT2D eigenvalue weighted by Gasteiger charge is -2.00. The zero-order valence-corrected chi connectivity index (χ0v) is 14.1. The van der Waals surface area contributed by atoms with Crippen molar-refractivity contribution in [2.75, 3.05) is 6.61 Å². The Labute approximate surface area is 148 Å². The number of fused-ring (bicyclic) bond motifs is 1. The maximum atomic E-state index is 13.6. The van der Waals surface area contributed by atoms with Gasteiger partial charge in [-0.15, -0.1) is 10.2 Å². The highest BCUT2D eigenvalue weighted by Gasteiger charge is 2.20. The first-order valence-electron chi connectivity index (χ1n) is 7.87. The van der Waals surface area contributed by atoms with E-state index >= 15 is 0 Å². The first-order valence-corrected chi connectivity index (χ1v) is 7.87. The fourth-order valence-corrected chi connectivity index (χ4v) is 2.33. The molecule has 0 atom stereocenters. The number of halogens is 1. The van der Waals surface area contributed by atoms with Gasteiger partial charge in [0.25, 0.3) is 0 Å². The fourth-order valence-electron chi connectivity index (χ4n) is 2.33. The Morgan fingerprint density at radius 3 is 2.77 bits per heavy atom. The number of esters is 1. The summed E-state index contributed by atoms with van der Waals surface area (Å²) < 4.78 is 19.9. The van der Waals surface area contributed by atoms with Crippen LogP contribution in [-0.2, 0) is 4.74 Å². The molecule has 0 unspecified atom stereocenters. The van der Waals surface area contributed by atoms with Gasteiger partial charge in [-0.1, -0.05) is 12.1 Å². The Morgan fingerprint density at radius 1 is 1.23 bits per heavy atom. The first-order chi connectivity index (χ1) is 12.5. The van der Waals surface area contributed by atoms with Crippen LogP contribution in [0.25, 0.3) is 5.65 Å². The molecular weight excluding hydrogens is 339 g/mol. The van der Waals surface area contributed by atoms with Crippen molar-refractivity contribution in [2.24, 2.45) is 10.2 Å². The van der Waals surface area contributed by atoms with E-state index in [0.717, 1.165) is 6.20 Å². The monoisotopic (exact) mass is 354 g/mol. The summed E-state index contributed by atoms with van der Waals surface area (Å²) in [4.78, 5) is 27.7. The van der Waals surface area contributed by atoms with Crippen LogP contribution >= 0.6 is 0 Å². The second kappa shape index (κ2) is 7.22. The maximum Gasteiger partial charge on any atom is 0.360 e. The minimum absolute atomic E-state index is 0.0474. The standard InChI is InChI=1S/C18H15FN4O3/c1-3-26-18(25)16-17(23-10-13(19)7-8-15(23)20-16)22-21-14-6-4-5-12(9-14)11(2)24/h4-10H,3H2,1-2H3. The Morgan fingerprint density at radius 2 is 2.04 bits per heavy atom. The lowest BCUT2D eigenvalue weighted by molar-refractivity contribution is 0.0521. The summed E-state index contributed by atoms with van der Waals surface area (Å²) >= 11 is 0. The Balaban J connectivity index is 2.09. The van der Waals surface area contributed by atoms with E-state index in [1.54, 1.807) is 31.2 Å². The van der Waals surface area contributed by atoms with Crippen molar-refractivity contribution in [3.8, 4) is 0 Å². The lowest BCUT2D eigenvalue weighted by Crippen LogP contribution is -2.05. The zero-order valence-electron chi connectivity index (χ0n) is 14.1. The van der Waals surface area contributed by atoms with E-state index in [-0.39, 0.29) is 23.9 Å². The minimum atomic E-state index is -0.678. The molecule has 0 aliphatic rings. The minimum Gasteiger partial charge on any atom is -0.461 e. The van der Waals surface area contributed by atoms with Gasteiger partial charge < -0.3 is 4.74 Å². The van der Waals surface area contributed by atoms with Crippen LogP contribution in [0, 0.1) is 5.82 Å². The molecule has 2 aromatic heterocycles. The number of carbonyl (C=O) groups is 2. The normalized spacial score (nSPS) is 11.2. The van der Waals surface area contributed by atoms with Gasteiger partial charge in [-0.2, -0.15) is 0 Å². The highest BCUT2D eigenvalue weighted by atomic mass is 19.1. The molecule has 2 heterocycles. The number of benzene rings is 1. The molecular formula is C18H15FN4O3. The number of aromatic nitrogens is 2. The van der Waals surface area contributed by atoms with Crippen LogP contribution in [0.2, 0.25) is 0 Å². The fraction of sp³-hybridized carbons (Fsp3) is 0.167. The van der Waals surface area contributed by atoms with Gasteiger partial charge in [0, 0.05) is 11.8 Å². The molecule has 0 aliphatic heterocycles. The van der Waals surface area contributed by atoms with Gasteiger partial charge in [0.05, 0.1) is 12.3 Å². The van der Waals surface area contributed by atoms with Crippen LogP contribution in [-0.4, -0.2) is 27.7 Å². The van der Waals surface area contributed by atoms with Crippen molar-refractivity contribution in [2.45, 2.75) is 13.8 Å². The van der Waals surface area contributed by atoms with E-state index in [1.807, 2.05) is 0 Å². The Bertz CT molecular complexity index is 1030. The van der Waals surface area contributed by atoms with E-state index < -0.39 is 11.8 Å². The van der Waals surface area contributed by atoms with Gasteiger partial charge in [-0.05, 0) is 38.1 Å². The van der Waals surface area contributed by atoms with Gasteiger partial charge in [0.15, 0.2) is 17.3 Å². The molecule has 0 fully saturated rings. The average Bonchev–Trinajstić information content (AvgIpc) is 2.98. The highest BCUT2D eigenvalue weighted by Crippen LogP contribution is 2.25. The average molecular weight is 354 g/mol. The van der Waals surface area contributed by atoms with Crippen molar-refractivity contribution in [3.05, 3.63) is 59.7 Å². The smallest absolute Gasteiger partial charge is 0.360 e. The lowest BCUT2D eigenvalue weighted by atomic mass is 10.1. The number of nitrogens with zero attached hydrogens (tertiary/aromatic N) is 4. The number of hydrogen-bond acceptors (Lipinski definition) is 6. The predicted molar refractivity (Wildman–Crippen MR) is 91.7 cm³/mol. The van der Waals surface area contributed by atoms with Crippen LogP contribution in [0.4, 0.5) is 15.9 Å². The van der Waals surface area contributed by atoms with Crippen molar-refractivity contribution in [1.29, 1.82) is 0 Å². The van der Waals surface area contributed by atoms with Crippen LogP contribution in [0.1, 0.15) is 34.7 Å². The largest absolute Gasteiger partial charge is 0.461 e. The van der Waals surface area contributed by atoms with Crippen LogP contribution < -0.4 is 0 Å². The molecule has 132 valence electrons. The summed E-state index contributed by atoms with van der Waals surface area (Å²) in [5.74, 6) is -1.25. The molecule has 1 aromatic carbocycles. The quantitative estimate of drug-likeness (QED) is 0.389. The van der Waals surface area contributed by atoms with Crippen molar-refractivity contribution >= 4 is 28.9 Å². The molecule has 3 aromatic rings. The van der Waals surface area contributed by atoms with Crippen molar-refractivity contribution in [1.82, 2.24) is 9.38 Å². The number of Topliss-reactive ketones (excluding diaryl/α,β-unsaturated/α-hetero) is 1. The third kappa shape index (κ3) is 3.49. The van der Waals surface area contributed by atoms with E-state index in [2.05, 4.69) is 15.2 Å². The molecule has 0 saturated carbocycles.